The maximum absolute atomic E-state index is 14.1. The number of hydrogen-bond donors (Lipinski definition) is 0. The van der Waals surface area contributed by atoms with Crippen LogP contribution in [0.2, 0.25) is 5.02 Å². The van der Waals surface area contributed by atoms with E-state index in [1.165, 1.54) is 17.2 Å². The van der Waals surface area contributed by atoms with E-state index in [0.29, 0.717) is 37.8 Å². The Kier molecular flexibility index (Phi) is 4.55. The number of fused-ring (bicyclic) bond motifs is 1. The van der Waals surface area contributed by atoms with E-state index in [1.54, 1.807) is 20.2 Å². The summed E-state index contributed by atoms with van der Waals surface area (Å²) in [5, 5.41) is 4.75. The van der Waals surface area contributed by atoms with Gasteiger partial charge in [0.1, 0.15) is 0 Å². The van der Waals surface area contributed by atoms with Gasteiger partial charge in [0.05, 0.1) is 29.5 Å². The number of pyridine rings is 1. The number of piperidine rings is 1. The number of halogens is 2. The number of hydrogen-bond acceptors (Lipinski definition) is 5. The van der Waals surface area contributed by atoms with Gasteiger partial charge in [-0.05, 0) is 25.0 Å². The average Bonchev–Trinajstić information content (AvgIpc) is 3.05. The molecule has 2 aliphatic rings. The van der Waals surface area contributed by atoms with Gasteiger partial charge in [-0.2, -0.15) is 5.10 Å². The molecule has 0 aliphatic carbocycles. The first-order valence-corrected chi connectivity index (χ1v) is 9.23. The van der Waals surface area contributed by atoms with Gasteiger partial charge in [-0.1, -0.05) is 11.6 Å². The van der Waals surface area contributed by atoms with Crippen LogP contribution in [0, 0.1) is 5.82 Å². The van der Waals surface area contributed by atoms with Crippen LogP contribution in [0.3, 0.4) is 0 Å². The molecule has 1 fully saturated rings. The molecule has 0 N–H and O–H groups in total. The fourth-order valence-corrected chi connectivity index (χ4v) is 3.80. The zero-order chi connectivity index (χ0) is 19.2. The molecule has 4 rings (SSSR count). The van der Waals surface area contributed by atoms with Gasteiger partial charge in [0, 0.05) is 33.4 Å². The molecule has 1 saturated heterocycles. The third-order valence-electron chi connectivity index (χ3n) is 5.22. The van der Waals surface area contributed by atoms with Crippen molar-refractivity contribution >= 4 is 23.3 Å². The molecule has 0 saturated carbocycles. The van der Waals surface area contributed by atoms with Crippen LogP contribution in [0.1, 0.15) is 29.0 Å². The van der Waals surface area contributed by atoms with E-state index in [-0.39, 0.29) is 16.5 Å². The zero-order valence-electron chi connectivity index (χ0n) is 15.3. The molecule has 0 radical (unpaired) electrons. The minimum Gasteiger partial charge on any atom is -0.367 e. The maximum atomic E-state index is 14.1. The Morgan fingerprint density at radius 1 is 1.33 bits per heavy atom. The van der Waals surface area contributed by atoms with Crippen LogP contribution in [0.4, 0.5) is 10.2 Å². The van der Waals surface area contributed by atoms with Crippen LogP contribution in [0.25, 0.3) is 0 Å². The molecular weight excluding hydrogens is 373 g/mol. The topological polar surface area (TPSA) is 63.5 Å². The number of ether oxygens (including phenoxy) is 1. The molecule has 0 atom stereocenters. The summed E-state index contributed by atoms with van der Waals surface area (Å²) in [4.78, 5) is 19.7. The Morgan fingerprint density at radius 3 is 2.74 bits per heavy atom. The predicted molar refractivity (Wildman–Crippen MR) is 98.4 cm³/mol. The van der Waals surface area contributed by atoms with Crippen LogP contribution in [-0.2, 0) is 17.9 Å². The molecule has 0 bridgehead atoms. The number of carbonyl (C=O) groups excluding carboxylic acids is 1. The molecule has 1 amide bonds. The van der Waals surface area contributed by atoms with E-state index in [4.69, 9.17) is 16.3 Å². The minimum atomic E-state index is -0.413. The van der Waals surface area contributed by atoms with Crippen molar-refractivity contribution in [3.63, 3.8) is 0 Å². The van der Waals surface area contributed by atoms with E-state index in [0.717, 1.165) is 18.5 Å². The van der Waals surface area contributed by atoms with Crippen molar-refractivity contribution in [3.05, 3.63) is 40.6 Å². The number of aromatic nitrogens is 3. The Labute approximate surface area is 161 Å². The molecule has 2 aromatic heterocycles. The third kappa shape index (κ3) is 3.39. The third-order valence-corrected chi connectivity index (χ3v) is 5.42. The quantitative estimate of drug-likeness (QED) is 0.783. The van der Waals surface area contributed by atoms with Gasteiger partial charge in [-0.25, -0.2) is 9.37 Å². The predicted octanol–water partition coefficient (Wildman–Crippen LogP) is 2.34. The molecule has 144 valence electrons. The minimum absolute atomic E-state index is 0.120. The monoisotopic (exact) mass is 393 g/mol. The number of nitrogens with zero attached hydrogens (tertiary/aromatic N) is 5. The van der Waals surface area contributed by atoms with Crippen LogP contribution in [0.15, 0.2) is 18.3 Å². The zero-order valence-corrected chi connectivity index (χ0v) is 16.0. The first-order chi connectivity index (χ1) is 12.9. The van der Waals surface area contributed by atoms with Crippen LogP contribution >= 0.6 is 11.6 Å². The average molecular weight is 394 g/mol. The normalized spacial score (nSPS) is 18.4. The standard InChI is InChI=1S/C18H21ClFN5O2/c1-23(2)17(26)15-8-13-10-27-18(11-25(13)22-15)3-5-24(6-4-18)16-14(20)7-12(19)9-21-16/h7-9H,3-6,10-11H2,1-2H3. The highest BCUT2D eigenvalue weighted by Gasteiger charge is 2.40. The summed E-state index contributed by atoms with van der Waals surface area (Å²) in [6.07, 6.45) is 2.92. The summed E-state index contributed by atoms with van der Waals surface area (Å²) < 4.78 is 22.2. The smallest absolute Gasteiger partial charge is 0.273 e. The maximum Gasteiger partial charge on any atom is 0.273 e. The van der Waals surface area contributed by atoms with Crippen molar-refractivity contribution in [3.8, 4) is 0 Å². The Bertz CT molecular complexity index is 877. The van der Waals surface area contributed by atoms with E-state index < -0.39 is 5.82 Å². The summed E-state index contributed by atoms with van der Waals surface area (Å²) in [6, 6.07) is 3.07. The van der Waals surface area contributed by atoms with Gasteiger partial charge in [0.15, 0.2) is 17.3 Å². The summed E-state index contributed by atoms with van der Waals surface area (Å²) in [5.41, 5.74) is 0.982. The van der Waals surface area contributed by atoms with Crippen molar-refractivity contribution in [2.75, 3.05) is 32.1 Å². The lowest BCUT2D eigenvalue weighted by Gasteiger charge is -2.44. The molecule has 0 aromatic carbocycles. The highest BCUT2D eigenvalue weighted by atomic mass is 35.5. The Morgan fingerprint density at radius 2 is 2.07 bits per heavy atom. The number of carbonyl (C=O) groups is 1. The molecule has 7 nitrogen and oxygen atoms in total. The van der Waals surface area contributed by atoms with Gasteiger partial charge in [0.2, 0.25) is 0 Å². The van der Waals surface area contributed by atoms with Gasteiger partial charge < -0.3 is 14.5 Å². The van der Waals surface area contributed by atoms with Gasteiger partial charge in [-0.15, -0.1) is 0 Å². The van der Waals surface area contributed by atoms with Gasteiger partial charge in [0.25, 0.3) is 5.91 Å². The SMILES string of the molecule is CN(C)C(=O)c1cc2n(n1)CC1(CCN(c3ncc(Cl)cc3F)CC1)OC2. The van der Waals surface area contributed by atoms with Crippen molar-refractivity contribution in [2.24, 2.45) is 0 Å². The van der Waals surface area contributed by atoms with Crippen molar-refractivity contribution in [1.82, 2.24) is 19.7 Å². The largest absolute Gasteiger partial charge is 0.367 e. The number of amides is 1. The highest BCUT2D eigenvalue weighted by Crippen LogP contribution is 2.35. The Hall–Kier alpha value is -2.19. The molecular formula is C18H21ClFN5O2. The summed E-state index contributed by atoms with van der Waals surface area (Å²) in [5.74, 6) is -0.210. The van der Waals surface area contributed by atoms with Crippen LogP contribution in [-0.4, -0.2) is 58.4 Å². The van der Waals surface area contributed by atoms with Crippen molar-refractivity contribution in [2.45, 2.75) is 31.6 Å². The van der Waals surface area contributed by atoms with Crippen LogP contribution < -0.4 is 4.90 Å². The Balaban J connectivity index is 1.47. The summed E-state index contributed by atoms with van der Waals surface area (Å²) in [6.45, 7) is 2.27. The molecule has 4 heterocycles. The highest BCUT2D eigenvalue weighted by molar-refractivity contribution is 6.30. The molecule has 2 aromatic rings. The van der Waals surface area contributed by atoms with E-state index >= 15 is 0 Å². The lowest BCUT2D eigenvalue weighted by atomic mass is 9.90. The van der Waals surface area contributed by atoms with E-state index in [2.05, 4.69) is 10.1 Å². The lowest BCUT2D eigenvalue weighted by Crippen LogP contribution is -2.51. The summed E-state index contributed by atoms with van der Waals surface area (Å²) in [7, 11) is 3.41. The second-order valence-corrected chi connectivity index (χ2v) is 7.73. The fraction of sp³-hybridized carbons (Fsp3) is 0.500. The van der Waals surface area contributed by atoms with Crippen molar-refractivity contribution in [1.29, 1.82) is 0 Å². The summed E-state index contributed by atoms with van der Waals surface area (Å²) >= 11 is 5.79. The second-order valence-electron chi connectivity index (χ2n) is 7.30. The molecule has 0 unspecified atom stereocenters. The molecule has 27 heavy (non-hydrogen) atoms. The number of rotatable bonds is 2. The van der Waals surface area contributed by atoms with Crippen LogP contribution in [0.5, 0.6) is 0 Å². The number of anilines is 1. The molecule has 9 heteroatoms. The second kappa shape index (κ2) is 6.76. The lowest BCUT2D eigenvalue weighted by molar-refractivity contribution is -0.106. The van der Waals surface area contributed by atoms with E-state index in [9.17, 15) is 9.18 Å². The van der Waals surface area contributed by atoms with Gasteiger partial charge >= 0.3 is 0 Å². The fourth-order valence-electron chi connectivity index (χ4n) is 3.66. The first-order valence-electron chi connectivity index (χ1n) is 8.85. The molecule has 2 aliphatic heterocycles. The van der Waals surface area contributed by atoms with E-state index in [1.807, 2.05) is 9.58 Å². The first kappa shape index (κ1) is 18.2. The van der Waals surface area contributed by atoms with Gasteiger partial charge in [-0.3, -0.25) is 9.48 Å². The van der Waals surface area contributed by atoms with Crippen molar-refractivity contribution < 1.29 is 13.9 Å². The molecule has 1 spiro atoms.